The van der Waals surface area contributed by atoms with E-state index in [1.165, 1.54) is 31.8 Å². The molecule has 221 valence electrons. The average Bonchev–Trinajstić information content (AvgIpc) is 3.08. The van der Waals surface area contributed by atoms with Gasteiger partial charge in [-0.05, 0) is 0 Å². The Bertz CT molecular complexity index is 1380. The molecule has 0 aliphatic carbocycles. The summed E-state index contributed by atoms with van der Waals surface area (Å²) >= 11 is 2.43. The van der Waals surface area contributed by atoms with Gasteiger partial charge in [0.05, 0.1) is 0 Å². The maximum absolute atomic E-state index is 9.00. The normalized spacial score (nSPS) is 12.0. The Morgan fingerprint density at radius 1 is 0.395 bits per heavy atom. The second-order valence-corrected chi connectivity index (χ2v) is 22.8. The van der Waals surface area contributed by atoms with E-state index in [0.29, 0.717) is 0 Å². The molecule has 0 aliphatic rings. The van der Waals surface area contributed by atoms with Crippen molar-refractivity contribution >= 4 is 49.7 Å². The summed E-state index contributed by atoms with van der Waals surface area (Å²) in [6.45, 7) is 1.08. The van der Waals surface area contributed by atoms with Crippen molar-refractivity contribution in [2.75, 3.05) is 0 Å². The number of carboxylic acids is 1. The summed E-state index contributed by atoms with van der Waals surface area (Å²) in [5.74, 6) is -6.11. The van der Waals surface area contributed by atoms with Crippen molar-refractivity contribution < 1.29 is 24.0 Å². The topological polar surface area (TPSA) is 37.3 Å². The Hall–Kier alpha value is -3.83. The molecule has 0 saturated heterocycles. The van der Waals surface area contributed by atoms with Crippen LogP contribution in [0.25, 0.3) is 0 Å². The van der Waals surface area contributed by atoms with Crippen molar-refractivity contribution in [1.82, 2.24) is 0 Å². The molecule has 43 heavy (non-hydrogen) atoms. The van der Waals surface area contributed by atoms with Gasteiger partial charge in [-0.1, -0.05) is 0 Å². The quantitative estimate of drug-likeness (QED) is 0.152. The molecule has 0 bridgehead atoms. The molecule has 0 amide bonds. The standard InChI is InChI=1S/2C18H15P.C2H4O2.Cu/c2*1-4-10-16(11-5-1)19(17-12-6-2-7-13-17)18-14-8-3-9-15-18;1-2(3)4;/h2*1-15H;1H3,(H,3,4);/q;;;-2/p+2. The first-order chi connectivity index (χ1) is 21.1. The van der Waals surface area contributed by atoms with E-state index in [4.69, 9.17) is 9.90 Å². The zero-order chi connectivity index (χ0) is 30.0. The third kappa shape index (κ3) is 6.73. The van der Waals surface area contributed by atoms with Gasteiger partial charge in [0.25, 0.3) is 5.97 Å². The minimum atomic E-state index is -2.64. The van der Waals surface area contributed by atoms with Gasteiger partial charge in [-0.25, -0.2) is 0 Å². The molecule has 6 aromatic rings. The van der Waals surface area contributed by atoms with Crippen LogP contribution < -0.4 is 31.8 Å². The fraction of sp³-hybridized carbons (Fsp3) is 0.0263. The Balaban J connectivity index is 0.000000868. The van der Waals surface area contributed by atoms with Gasteiger partial charge in [-0.2, -0.15) is 0 Å². The number of carbonyl (C=O) groups is 1. The van der Waals surface area contributed by atoms with E-state index in [1.54, 1.807) is 0 Å². The van der Waals surface area contributed by atoms with Gasteiger partial charge in [0.15, 0.2) is 0 Å². The van der Waals surface area contributed by atoms with E-state index >= 15 is 0 Å². The summed E-state index contributed by atoms with van der Waals surface area (Å²) in [6, 6.07) is 67.6. The summed E-state index contributed by atoms with van der Waals surface area (Å²) in [7, 11) is 0. The molecule has 2 nitrogen and oxygen atoms in total. The molecule has 1 N–H and O–H groups in total. The van der Waals surface area contributed by atoms with E-state index in [1.807, 2.05) is 0 Å². The van der Waals surface area contributed by atoms with E-state index in [-0.39, 0.29) is 0 Å². The van der Waals surface area contributed by atoms with Gasteiger partial charge in [-0.3, -0.25) is 4.79 Å². The van der Waals surface area contributed by atoms with Crippen molar-refractivity contribution in [2.45, 2.75) is 6.92 Å². The van der Waals surface area contributed by atoms with Crippen molar-refractivity contribution in [3.8, 4) is 0 Å². The minimum absolute atomic E-state index is 0.833. The van der Waals surface area contributed by atoms with Crippen LogP contribution in [0.15, 0.2) is 182 Å². The van der Waals surface area contributed by atoms with Gasteiger partial charge < -0.3 is 5.11 Å². The predicted octanol–water partition coefficient (Wildman–Crippen LogP) is 6.44. The molecule has 5 heteroatoms. The Morgan fingerprint density at radius 2 is 0.535 bits per heavy atom. The molecule has 0 saturated carbocycles. The molecule has 0 radical (unpaired) electrons. The first kappa shape index (κ1) is 30.6. The van der Waals surface area contributed by atoms with E-state index in [2.05, 4.69) is 196 Å². The summed E-state index contributed by atoms with van der Waals surface area (Å²) in [5.41, 5.74) is 0. The maximum atomic E-state index is 9.00. The second-order valence-electron chi connectivity index (χ2n) is 9.99. The van der Waals surface area contributed by atoms with Crippen LogP contribution >= 0.6 is 11.9 Å². The van der Waals surface area contributed by atoms with Crippen molar-refractivity contribution in [3.05, 3.63) is 182 Å². The fourth-order valence-electron chi connectivity index (χ4n) is 5.36. The molecule has 0 spiro atoms. The van der Waals surface area contributed by atoms with Gasteiger partial charge in [0.1, 0.15) is 0 Å². The third-order valence-corrected chi connectivity index (χ3v) is 26.7. The molecular formula is C38H36CuO2P2. The molecule has 0 aromatic heterocycles. The van der Waals surface area contributed by atoms with Crippen LogP contribution in [0.1, 0.15) is 6.92 Å². The number of benzene rings is 6. The van der Waals surface area contributed by atoms with Crippen LogP contribution in [0.5, 0.6) is 0 Å². The van der Waals surface area contributed by atoms with Gasteiger partial charge in [0, 0.05) is 6.92 Å². The molecule has 0 unspecified atom stereocenters. The fourth-order valence-corrected chi connectivity index (χ4v) is 29.5. The molecular weight excluding hydrogens is 614 g/mol. The van der Waals surface area contributed by atoms with Crippen LogP contribution in [0, 0.1) is 0 Å². The summed E-state index contributed by atoms with van der Waals surface area (Å²) in [6.07, 6.45) is 0. The Morgan fingerprint density at radius 3 is 0.674 bits per heavy atom. The van der Waals surface area contributed by atoms with E-state index in [0.717, 1.165) is 6.92 Å². The van der Waals surface area contributed by atoms with Gasteiger partial charge >= 0.3 is 240 Å². The van der Waals surface area contributed by atoms with Crippen molar-refractivity contribution in [2.24, 2.45) is 0 Å². The zero-order valence-corrected chi connectivity index (χ0v) is 26.9. The number of hydrogen-bond acceptors (Lipinski definition) is 1. The number of carboxylic acid groups (broad SMARTS) is 1. The molecule has 0 aliphatic heterocycles. The number of hydrogen-bond donors (Lipinski definition) is 1. The average molecular weight is 650 g/mol. The van der Waals surface area contributed by atoms with Crippen molar-refractivity contribution in [1.29, 1.82) is 0 Å². The summed E-state index contributed by atoms with van der Waals surface area (Å²) in [5, 5.41) is 15.9. The first-order valence-electron chi connectivity index (χ1n) is 14.2. The first-order valence-corrected chi connectivity index (χ1v) is 20.6. The van der Waals surface area contributed by atoms with E-state index in [9.17, 15) is 0 Å². The molecule has 6 rings (SSSR count). The Labute approximate surface area is 261 Å². The van der Waals surface area contributed by atoms with Crippen LogP contribution in [-0.4, -0.2) is 11.1 Å². The van der Waals surface area contributed by atoms with Gasteiger partial charge in [0.2, 0.25) is 0 Å². The monoisotopic (exact) mass is 649 g/mol. The number of rotatable bonds is 8. The summed E-state index contributed by atoms with van der Waals surface area (Å²) < 4.78 is 0. The third-order valence-electron chi connectivity index (χ3n) is 7.12. The van der Waals surface area contributed by atoms with Crippen LogP contribution in [0.3, 0.4) is 0 Å². The summed E-state index contributed by atoms with van der Waals surface area (Å²) in [4.78, 5) is 9.00. The zero-order valence-electron chi connectivity index (χ0n) is 24.0. The molecule has 0 atom stereocenters. The van der Waals surface area contributed by atoms with Gasteiger partial charge in [-0.15, -0.1) is 0 Å². The Kier molecular flexibility index (Phi) is 10.4. The van der Waals surface area contributed by atoms with Crippen LogP contribution in [0.2, 0.25) is 0 Å². The van der Waals surface area contributed by atoms with Crippen molar-refractivity contribution in [3.63, 3.8) is 0 Å². The molecule has 6 aromatic carbocycles. The SMILES string of the molecule is CC(=O)O.c1ccc([PH]([Cu][PH](c2ccccc2)(c2ccccc2)c2ccccc2)(c2ccccc2)c2ccccc2)cc1. The number of aliphatic carboxylic acids is 1. The molecule has 0 heterocycles. The predicted molar refractivity (Wildman–Crippen MR) is 186 cm³/mol. The second kappa shape index (κ2) is 14.6. The van der Waals surface area contributed by atoms with Crippen LogP contribution in [0.4, 0.5) is 0 Å². The van der Waals surface area contributed by atoms with Crippen LogP contribution in [-0.2, 0) is 18.9 Å². The van der Waals surface area contributed by atoms with E-state index < -0.39 is 17.9 Å². The molecule has 0 fully saturated rings.